The highest BCUT2D eigenvalue weighted by molar-refractivity contribution is 7.07. The van der Waals surface area contributed by atoms with E-state index >= 15 is 0 Å². The lowest BCUT2D eigenvalue weighted by molar-refractivity contribution is -0.122. The molecule has 0 spiro atoms. The third-order valence-corrected chi connectivity index (χ3v) is 4.95. The zero-order chi connectivity index (χ0) is 16.8. The van der Waals surface area contributed by atoms with Crippen LogP contribution >= 0.6 is 11.3 Å². The van der Waals surface area contributed by atoms with E-state index in [4.69, 9.17) is 0 Å². The van der Waals surface area contributed by atoms with Gasteiger partial charge in [0.05, 0.1) is 6.54 Å². The average Bonchev–Trinajstić information content (AvgIpc) is 3.09. The number of halogens is 1. The van der Waals surface area contributed by atoms with Gasteiger partial charge in [-0.3, -0.25) is 14.6 Å². The van der Waals surface area contributed by atoms with Crippen LogP contribution < -0.4 is 5.32 Å². The maximum absolute atomic E-state index is 12.8. The fourth-order valence-corrected chi connectivity index (χ4v) is 3.47. The highest BCUT2D eigenvalue weighted by atomic mass is 32.1. The number of carbonyl (C=O) groups excluding carboxylic acids is 1. The van der Waals surface area contributed by atoms with E-state index in [1.165, 1.54) is 17.7 Å². The van der Waals surface area contributed by atoms with Crippen LogP contribution in [0.1, 0.15) is 11.1 Å². The highest BCUT2D eigenvalue weighted by Gasteiger charge is 2.18. The van der Waals surface area contributed by atoms with Crippen molar-refractivity contribution in [2.24, 2.45) is 0 Å². The molecule has 0 atom stereocenters. The Morgan fingerprint density at radius 1 is 1.04 bits per heavy atom. The van der Waals surface area contributed by atoms with Crippen molar-refractivity contribution in [1.82, 2.24) is 15.1 Å². The molecule has 0 unspecified atom stereocenters. The Labute approximate surface area is 145 Å². The minimum atomic E-state index is -0.259. The second-order valence-electron chi connectivity index (χ2n) is 6.09. The monoisotopic (exact) mass is 347 g/mol. The molecule has 1 N–H and O–H groups in total. The largest absolute Gasteiger partial charge is 0.351 e. The third kappa shape index (κ3) is 5.12. The van der Waals surface area contributed by atoms with Crippen molar-refractivity contribution in [3.63, 3.8) is 0 Å². The van der Waals surface area contributed by atoms with Crippen LogP contribution in [0, 0.1) is 5.82 Å². The maximum Gasteiger partial charge on any atom is 0.234 e. The molecule has 1 fully saturated rings. The summed E-state index contributed by atoms with van der Waals surface area (Å²) in [6, 6.07) is 8.37. The second-order valence-corrected chi connectivity index (χ2v) is 6.87. The molecular formula is C18H22FN3OS. The van der Waals surface area contributed by atoms with Crippen LogP contribution in [0.4, 0.5) is 4.39 Å². The summed E-state index contributed by atoms with van der Waals surface area (Å²) in [6.07, 6.45) is 0. The zero-order valence-electron chi connectivity index (χ0n) is 13.6. The third-order valence-electron chi connectivity index (χ3n) is 4.22. The summed E-state index contributed by atoms with van der Waals surface area (Å²) in [7, 11) is 0. The number of piperazine rings is 1. The Hall–Kier alpha value is -1.76. The van der Waals surface area contributed by atoms with E-state index in [-0.39, 0.29) is 11.7 Å². The molecule has 1 aromatic carbocycles. The first kappa shape index (κ1) is 17.1. The standard InChI is InChI=1S/C18H22FN3OS/c19-17-3-1-15(2-4-17)11-20-18(23)13-22-8-6-21(7-9-22)12-16-5-10-24-14-16/h1-5,10,14H,6-9,11-13H2,(H,20,23). The fourth-order valence-electron chi connectivity index (χ4n) is 2.81. The number of hydrogen-bond acceptors (Lipinski definition) is 4. The number of rotatable bonds is 6. The number of nitrogens with zero attached hydrogens (tertiary/aromatic N) is 2. The first-order chi connectivity index (χ1) is 11.7. The van der Waals surface area contributed by atoms with Crippen molar-refractivity contribution < 1.29 is 9.18 Å². The summed E-state index contributed by atoms with van der Waals surface area (Å²) in [5.41, 5.74) is 2.27. The number of benzene rings is 1. The van der Waals surface area contributed by atoms with Gasteiger partial charge >= 0.3 is 0 Å². The van der Waals surface area contributed by atoms with Crippen LogP contribution in [-0.4, -0.2) is 48.4 Å². The molecule has 6 heteroatoms. The van der Waals surface area contributed by atoms with Gasteiger partial charge in [-0.1, -0.05) is 12.1 Å². The molecule has 0 bridgehead atoms. The Kier molecular flexibility index (Phi) is 5.96. The molecule has 2 aromatic rings. The van der Waals surface area contributed by atoms with E-state index in [0.717, 1.165) is 38.3 Å². The number of hydrogen-bond donors (Lipinski definition) is 1. The van der Waals surface area contributed by atoms with Crippen molar-refractivity contribution >= 4 is 17.2 Å². The summed E-state index contributed by atoms with van der Waals surface area (Å²) >= 11 is 1.73. The van der Waals surface area contributed by atoms with E-state index in [0.29, 0.717) is 13.1 Å². The Bertz CT molecular complexity index is 637. The highest BCUT2D eigenvalue weighted by Crippen LogP contribution is 2.11. The second kappa shape index (κ2) is 8.37. The number of nitrogens with one attached hydrogen (secondary N) is 1. The maximum atomic E-state index is 12.8. The van der Waals surface area contributed by atoms with Crippen molar-refractivity contribution in [2.75, 3.05) is 32.7 Å². The Morgan fingerprint density at radius 3 is 2.42 bits per heavy atom. The summed E-state index contributed by atoms with van der Waals surface area (Å²) in [5, 5.41) is 7.20. The fraction of sp³-hybridized carbons (Fsp3) is 0.389. The molecule has 24 heavy (non-hydrogen) atoms. The number of carbonyl (C=O) groups is 1. The molecule has 2 heterocycles. The first-order valence-electron chi connectivity index (χ1n) is 8.16. The Morgan fingerprint density at radius 2 is 1.75 bits per heavy atom. The van der Waals surface area contributed by atoms with Crippen LogP contribution in [0.15, 0.2) is 41.1 Å². The lowest BCUT2D eigenvalue weighted by Crippen LogP contribution is -2.49. The quantitative estimate of drug-likeness (QED) is 0.871. The molecule has 1 aromatic heterocycles. The molecule has 1 saturated heterocycles. The predicted octanol–water partition coefficient (Wildman–Crippen LogP) is 2.32. The van der Waals surface area contributed by atoms with Crippen LogP contribution in [0.3, 0.4) is 0 Å². The Balaban J connectivity index is 1.36. The molecule has 1 amide bonds. The molecule has 1 aliphatic heterocycles. The van der Waals surface area contributed by atoms with E-state index in [1.807, 2.05) is 0 Å². The molecule has 4 nitrogen and oxygen atoms in total. The normalized spacial score (nSPS) is 16.2. The van der Waals surface area contributed by atoms with Crippen LogP contribution in [0.5, 0.6) is 0 Å². The number of thiophene rings is 1. The van der Waals surface area contributed by atoms with Crippen molar-refractivity contribution in [1.29, 1.82) is 0 Å². The van der Waals surface area contributed by atoms with Crippen molar-refractivity contribution in [3.8, 4) is 0 Å². The molecule has 0 radical (unpaired) electrons. The van der Waals surface area contributed by atoms with Gasteiger partial charge in [0, 0.05) is 39.3 Å². The number of amides is 1. The van der Waals surface area contributed by atoms with Crippen molar-refractivity contribution in [3.05, 3.63) is 58.0 Å². The van der Waals surface area contributed by atoms with E-state index in [2.05, 4.69) is 31.9 Å². The minimum absolute atomic E-state index is 0.0191. The van der Waals surface area contributed by atoms with Gasteiger partial charge in [0.15, 0.2) is 0 Å². The summed E-state index contributed by atoms with van der Waals surface area (Å²) in [4.78, 5) is 16.7. The smallest absolute Gasteiger partial charge is 0.234 e. The van der Waals surface area contributed by atoms with Crippen molar-refractivity contribution in [2.45, 2.75) is 13.1 Å². The van der Waals surface area contributed by atoms with Gasteiger partial charge in [-0.25, -0.2) is 4.39 Å². The van der Waals surface area contributed by atoms with Crippen LogP contribution in [-0.2, 0) is 17.9 Å². The zero-order valence-corrected chi connectivity index (χ0v) is 14.4. The summed E-state index contributed by atoms with van der Waals surface area (Å²) < 4.78 is 12.8. The van der Waals surface area contributed by atoms with E-state index in [9.17, 15) is 9.18 Å². The molecule has 0 saturated carbocycles. The minimum Gasteiger partial charge on any atom is -0.351 e. The topological polar surface area (TPSA) is 35.6 Å². The molecule has 3 rings (SSSR count). The van der Waals surface area contributed by atoms with Gasteiger partial charge in [-0.05, 0) is 40.1 Å². The van der Waals surface area contributed by atoms with Gasteiger partial charge in [0.1, 0.15) is 5.82 Å². The lowest BCUT2D eigenvalue weighted by Gasteiger charge is -2.34. The van der Waals surface area contributed by atoms with E-state index < -0.39 is 0 Å². The van der Waals surface area contributed by atoms with Gasteiger partial charge in [-0.2, -0.15) is 11.3 Å². The van der Waals surface area contributed by atoms with Gasteiger partial charge < -0.3 is 5.32 Å². The SMILES string of the molecule is O=C(CN1CCN(Cc2ccsc2)CC1)NCc1ccc(F)cc1. The van der Waals surface area contributed by atoms with Crippen LogP contribution in [0.2, 0.25) is 0 Å². The molecule has 1 aliphatic rings. The summed E-state index contributed by atoms with van der Waals surface area (Å²) in [6.45, 7) is 5.66. The predicted molar refractivity (Wildman–Crippen MR) is 94.3 cm³/mol. The first-order valence-corrected chi connectivity index (χ1v) is 9.10. The van der Waals surface area contributed by atoms with E-state index in [1.54, 1.807) is 23.5 Å². The summed E-state index contributed by atoms with van der Waals surface area (Å²) in [5.74, 6) is -0.240. The van der Waals surface area contributed by atoms with Gasteiger partial charge in [-0.15, -0.1) is 0 Å². The van der Waals surface area contributed by atoms with Crippen LogP contribution in [0.25, 0.3) is 0 Å². The lowest BCUT2D eigenvalue weighted by atomic mass is 10.2. The molecule has 128 valence electrons. The van der Waals surface area contributed by atoms with Gasteiger partial charge in [0.2, 0.25) is 5.91 Å². The molecule has 0 aliphatic carbocycles. The average molecular weight is 347 g/mol. The molecular weight excluding hydrogens is 325 g/mol. The van der Waals surface area contributed by atoms with Gasteiger partial charge in [0.25, 0.3) is 0 Å².